The van der Waals surface area contributed by atoms with Gasteiger partial charge in [-0.2, -0.15) is 0 Å². The summed E-state index contributed by atoms with van der Waals surface area (Å²) in [7, 11) is 0. The van der Waals surface area contributed by atoms with Gasteiger partial charge < -0.3 is 14.6 Å². The second-order valence-electron chi connectivity index (χ2n) is 26.4. The Morgan fingerprint density at radius 2 is 0.465 bits per heavy atom. The summed E-state index contributed by atoms with van der Waals surface area (Å²) in [5, 5.41) is 9.72. The molecule has 1 N–H and O–H groups in total. The number of allylic oxidation sites excluding steroid dienone is 10. The van der Waals surface area contributed by atoms with Gasteiger partial charge in [0.15, 0.2) is 6.10 Å². The first-order valence-corrected chi connectivity index (χ1v) is 38.8. The Bertz CT molecular complexity index is 1460. The van der Waals surface area contributed by atoms with E-state index in [1.165, 1.54) is 340 Å². The van der Waals surface area contributed by atoms with Gasteiger partial charge in [0, 0.05) is 12.8 Å². The molecule has 0 aliphatic rings. The van der Waals surface area contributed by atoms with Crippen molar-refractivity contribution in [2.24, 2.45) is 0 Å². The van der Waals surface area contributed by atoms with Gasteiger partial charge in [-0.1, -0.05) is 389 Å². The minimum atomic E-state index is -0.772. The van der Waals surface area contributed by atoms with Crippen LogP contribution in [0.15, 0.2) is 60.8 Å². The Labute approximate surface area is 538 Å². The molecule has 0 aromatic rings. The molecular weight excluding hydrogens is 1050 g/mol. The van der Waals surface area contributed by atoms with Gasteiger partial charge in [-0.25, -0.2) is 0 Å². The lowest BCUT2D eigenvalue weighted by atomic mass is 10.0. The van der Waals surface area contributed by atoms with Crippen LogP contribution in [-0.4, -0.2) is 36.4 Å². The molecule has 0 fully saturated rings. The van der Waals surface area contributed by atoms with Gasteiger partial charge in [0.2, 0.25) is 0 Å². The fourth-order valence-electron chi connectivity index (χ4n) is 12.0. The van der Waals surface area contributed by atoms with E-state index >= 15 is 0 Å². The molecule has 0 amide bonds. The second kappa shape index (κ2) is 76.8. The zero-order valence-electron chi connectivity index (χ0n) is 58.1. The summed E-state index contributed by atoms with van der Waals surface area (Å²) in [5.41, 5.74) is 0. The van der Waals surface area contributed by atoms with Gasteiger partial charge in [0.25, 0.3) is 0 Å². The number of ether oxygens (including phenoxy) is 2. The molecule has 0 heterocycles. The van der Waals surface area contributed by atoms with Gasteiger partial charge in [-0.15, -0.1) is 0 Å². The fourth-order valence-corrected chi connectivity index (χ4v) is 12.0. The van der Waals surface area contributed by atoms with Crippen molar-refractivity contribution >= 4 is 11.9 Å². The molecule has 0 aromatic carbocycles. The van der Waals surface area contributed by atoms with Gasteiger partial charge >= 0.3 is 11.9 Å². The van der Waals surface area contributed by atoms with Crippen LogP contribution in [0, 0.1) is 0 Å². The molecule has 0 saturated carbocycles. The number of aliphatic hydroxyl groups excluding tert-OH is 1. The Hall–Kier alpha value is -2.40. The maximum absolute atomic E-state index is 12.4. The molecule has 504 valence electrons. The molecule has 86 heavy (non-hydrogen) atoms. The molecule has 0 aromatic heterocycles. The minimum absolute atomic E-state index is 0.0601. The molecule has 1 atom stereocenters. The molecule has 0 rings (SSSR count). The van der Waals surface area contributed by atoms with E-state index in [9.17, 15) is 14.7 Å². The van der Waals surface area contributed by atoms with E-state index in [4.69, 9.17) is 9.47 Å². The molecular formula is C81H150O5. The van der Waals surface area contributed by atoms with E-state index in [0.29, 0.717) is 12.8 Å². The lowest BCUT2D eigenvalue weighted by Crippen LogP contribution is -2.28. The maximum atomic E-state index is 12.4. The molecule has 0 spiro atoms. The molecule has 1 unspecified atom stereocenters. The molecule has 0 saturated heterocycles. The highest BCUT2D eigenvalue weighted by Crippen LogP contribution is 2.19. The topological polar surface area (TPSA) is 72.8 Å². The monoisotopic (exact) mass is 1200 g/mol. The van der Waals surface area contributed by atoms with E-state index in [0.717, 1.165) is 57.8 Å². The first-order valence-electron chi connectivity index (χ1n) is 38.8. The van der Waals surface area contributed by atoms with Crippen molar-refractivity contribution in [3.05, 3.63) is 60.8 Å². The first kappa shape index (κ1) is 83.6. The maximum Gasteiger partial charge on any atom is 0.306 e. The summed E-state index contributed by atoms with van der Waals surface area (Å²) in [4.78, 5) is 24.7. The molecule has 0 radical (unpaired) electrons. The quantitative estimate of drug-likeness (QED) is 0.0373. The Kier molecular flexibility index (Phi) is 74.7. The van der Waals surface area contributed by atoms with Crippen LogP contribution in [0.5, 0.6) is 0 Å². The highest BCUT2D eigenvalue weighted by Gasteiger charge is 2.16. The van der Waals surface area contributed by atoms with Gasteiger partial charge in [-0.3, -0.25) is 9.59 Å². The fraction of sp³-hybridized carbons (Fsp3) is 0.852. The highest BCUT2D eigenvalue weighted by atomic mass is 16.6. The number of carbonyl (C=O) groups is 2. The number of esters is 2. The zero-order chi connectivity index (χ0) is 61.9. The van der Waals surface area contributed by atoms with Crippen LogP contribution in [0.3, 0.4) is 0 Å². The summed E-state index contributed by atoms with van der Waals surface area (Å²) >= 11 is 0. The van der Waals surface area contributed by atoms with Crippen LogP contribution in [0.4, 0.5) is 0 Å². The van der Waals surface area contributed by atoms with Crippen molar-refractivity contribution in [1.82, 2.24) is 0 Å². The van der Waals surface area contributed by atoms with Gasteiger partial charge in [-0.05, 0) is 83.5 Å². The standard InChI is InChI=1S/C81H150O5/c1-3-5-7-9-11-13-15-17-19-21-23-25-27-29-31-33-35-37-39-40-42-44-46-48-50-52-54-56-58-60-62-64-66-68-70-72-74-76-81(84)86-79(77-82)78-85-80(83)75-73-71-69-67-65-63-61-59-57-55-53-51-49-47-45-43-41-38-36-34-32-30-28-26-24-22-20-18-16-14-12-10-8-6-4-2/h15-18,21-24,27,29,79,82H,3-14,19-20,25-26,28,30-78H2,1-2H3/b17-15-,18-16-,23-21-,24-22-,29-27-. The average Bonchev–Trinajstić information content (AvgIpc) is 3.53. The number of rotatable bonds is 73. The number of aliphatic hydroxyl groups is 1. The van der Waals surface area contributed by atoms with Crippen LogP contribution < -0.4 is 0 Å². The van der Waals surface area contributed by atoms with E-state index < -0.39 is 6.10 Å². The third-order valence-electron chi connectivity index (χ3n) is 17.8. The largest absolute Gasteiger partial charge is 0.462 e. The second-order valence-corrected chi connectivity index (χ2v) is 26.4. The van der Waals surface area contributed by atoms with Crippen LogP contribution in [0.1, 0.15) is 425 Å². The SMILES string of the molecule is CCCCCCC/C=C\C/C=C\C/C=C\CCCCCCCCCCCCCCCCCCCCCCCCC(=O)OC(CO)COC(=O)CCCCCCCCCCCCCCCCCCCCCCCCC/C=C\C/C=C\CCCCCCC. The molecule has 0 bridgehead atoms. The smallest absolute Gasteiger partial charge is 0.306 e. The highest BCUT2D eigenvalue weighted by molar-refractivity contribution is 5.70. The van der Waals surface area contributed by atoms with Crippen LogP contribution >= 0.6 is 0 Å². The van der Waals surface area contributed by atoms with E-state index in [-0.39, 0.29) is 25.2 Å². The summed E-state index contributed by atoms with van der Waals surface area (Å²) in [6, 6.07) is 0. The van der Waals surface area contributed by atoms with Gasteiger partial charge in [0.05, 0.1) is 6.61 Å². The van der Waals surface area contributed by atoms with Crippen molar-refractivity contribution in [2.75, 3.05) is 13.2 Å². The normalized spacial score (nSPS) is 12.5. The molecule has 0 aliphatic heterocycles. The summed E-state index contributed by atoms with van der Waals surface area (Å²) in [6.07, 6.45) is 106. The first-order chi connectivity index (χ1) is 42.6. The predicted molar refractivity (Wildman–Crippen MR) is 380 cm³/mol. The predicted octanol–water partition coefficient (Wildman–Crippen LogP) is 27.2. The lowest BCUT2D eigenvalue weighted by molar-refractivity contribution is -0.161. The number of carbonyl (C=O) groups excluding carboxylic acids is 2. The molecule has 0 aliphatic carbocycles. The van der Waals surface area contributed by atoms with Crippen LogP contribution in [0.2, 0.25) is 0 Å². The van der Waals surface area contributed by atoms with Crippen molar-refractivity contribution in [3.63, 3.8) is 0 Å². The van der Waals surface area contributed by atoms with E-state index in [2.05, 4.69) is 74.6 Å². The molecule has 5 nitrogen and oxygen atoms in total. The third kappa shape index (κ3) is 74.1. The number of hydrogen-bond donors (Lipinski definition) is 1. The number of hydrogen-bond acceptors (Lipinski definition) is 5. The average molecular weight is 1200 g/mol. The van der Waals surface area contributed by atoms with Crippen molar-refractivity contribution < 1.29 is 24.2 Å². The van der Waals surface area contributed by atoms with Crippen LogP contribution in [0.25, 0.3) is 0 Å². The lowest BCUT2D eigenvalue weighted by Gasteiger charge is -2.15. The van der Waals surface area contributed by atoms with Crippen molar-refractivity contribution in [1.29, 1.82) is 0 Å². The Balaban J connectivity index is 3.38. The van der Waals surface area contributed by atoms with E-state index in [1.807, 2.05) is 0 Å². The third-order valence-corrected chi connectivity index (χ3v) is 17.8. The Morgan fingerprint density at radius 1 is 0.267 bits per heavy atom. The summed E-state index contributed by atoms with van der Waals surface area (Å²) in [5.74, 6) is -0.565. The summed E-state index contributed by atoms with van der Waals surface area (Å²) in [6.45, 7) is 4.18. The minimum Gasteiger partial charge on any atom is -0.462 e. The summed E-state index contributed by atoms with van der Waals surface area (Å²) < 4.78 is 10.8. The van der Waals surface area contributed by atoms with E-state index in [1.54, 1.807) is 0 Å². The van der Waals surface area contributed by atoms with Gasteiger partial charge in [0.1, 0.15) is 6.61 Å². The van der Waals surface area contributed by atoms with Crippen molar-refractivity contribution in [3.8, 4) is 0 Å². The number of unbranched alkanes of at least 4 members (excludes halogenated alkanes) is 55. The molecule has 5 heteroatoms. The van der Waals surface area contributed by atoms with Crippen LogP contribution in [-0.2, 0) is 19.1 Å². The van der Waals surface area contributed by atoms with Crippen molar-refractivity contribution in [2.45, 2.75) is 431 Å². The zero-order valence-corrected chi connectivity index (χ0v) is 58.1. The Morgan fingerprint density at radius 3 is 0.698 bits per heavy atom.